The van der Waals surface area contributed by atoms with E-state index in [2.05, 4.69) is 12.1 Å². The standard InChI is InChI=1S/C45H29N3S/c1-4-12-30(13-5-1)32-20-22-34(23-21-32)44-46-43(33-16-8-3-9-17-33)47-45(48-44)38-27-36(31-14-6-2-7-15-31)26-37(28-38)35-24-25-40-39-18-10-11-19-41(39)49-42(40)29-35/h1-29H/i10D,11D,18D,19D,24D,25D,29D. The second kappa shape index (κ2) is 12.4. The Balaban J connectivity index is 1.28. The van der Waals surface area contributed by atoms with E-state index in [0.717, 1.165) is 44.7 Å². The lowest BCUT2D eigenvalue weighted by atomic mass is 9.95. The van der Waals surface area contributed by atoms with E-state index >= 15 is 0 Å². The molecular formula is C45H29N3S. The molecule has 0 fully saturated rings. The summed E-state index contributed by atoms with van der Waals surface area (Å²) in [7, 11) is 0. The number of aromatic nitrogens is 3. The molecular weight excluding hydrogens is 615 g/mol. The third-order valence-corrected chi connectivity index (χ3v) is 9.41. The number of rotatable bonds is 6. The number of benzene rings is 7. The monoisotopic (exact) mass is 650 g/mol. The van der Waals surface area contributed by atoms with Crippen molar-refractivity contribution in [1.82, 2.24) is 15.0 Å². The molecule has 0 N–H and O–H groups in total. The van der Waals surface area contributed by atoms with Gasteiger partial charge < -0.3 is 0 Å². The number of thiophene rings is 1. The van der Waals surface area contributed by atoms with Crippen molar-refractivity contribution in [3.8, 4) is 67.5 Å². The molecule has 0 atom stereocenters. The Labute approximate surface area is 298 Å². The molecule has 0 aliphatic heterocycles. The van der Waals surface area contributed by atoms with E-state index < -0.39 is 6.04 Å². The first-order chi connectivity index (χ1) is 27.2. The molecule has 2 heterocycles. The molecule has 7 aromatic carbocycles. The third kappa shape index (κ3) is 5.69. The Morgan fingerprint density at radius 1 is 0.367 bits per heavy atom. The summed E-state index contributed by atoms with van der Waals surface area (Å²) in [5.74, 6) is 1.34. The van der Waals surface area contributed by atoms with Gasteiger partial charge >= 0.3 is 0 Å². The van der Waals surface area contributed by atoms with Gasteiger partial charge in [0.1, 0.15) is 0 Å². The number of fused-ring (bicyclic) bond motifs is 3. The van der Waals surface area contributed by atoms with Crippen LogP contribution in [0.1, 0.15) is 9.60 Å². The van der Waals surface area contributed by atoms with E-state index in [1.54, 1.807) is 0 Å². The van der Waals surface area contributed by atoms with Crippen LogP contribution in [-0.4, -0.2) is 15.0 Å². The van der Waals surface area contributed by atoms with Crippen LogP contribution < -0.4 is 0 Å². The van der Waals surface area contributed by atoms with Crippen molar-refractivity contribution in [2.24, 2.45) is 0 Å². The molecule has 3 nitrogen and oxygen atoms in total. The molecule has 0 radical (unpaired) electrons. The van der Waals surface area contributed by atoms with Crippen LogP contribution in [0.5, 0.6) is 0 Å². The average Bonchev–Trinajstić information content (AvgIpc) is 3.67. The van der Waals surface area contributed by atoms with E-state index in [1.807, 2.05) is 121 Å². The molecule has 9 rings (SSSR count). The summed E-state index contributed by atoms with van der Waals surface area (Å²) in [4.78, 5) is 14.9. The van der Waals surface area contributed by atoms with Crippen LogP contribution in [0.2, 0.25) is 0 Å². The van der Waals surface area contributed by atoms with E-state index in [1.165, 1.54) is 0 Å². The SMILES string of the molecule is [2H]c1c([2H])c([2H])c2c(sc3c([2H])c(-c4cc(-c5ccccc5)cc(-c5nc(-c6ccccc6)nc(-c6ccc(-c7ccccc7)cc6)n5)c4)c([2H])c([2H])c32)c1[2H]. The van der Waals surface area contributed by atoms with E-state index in [0.29, 0.717) is 33.3 Å². The van der Waals surface area contributed by atoms with Crippen molar-refractivity contribution in [2.75, 3.05) is 0 Å². The minimum atomic E-state index is -0.414. The molecule has 0 saturated heterocycles. The van der Waals surface area contributed by atoms with Crippen LogP contribution in [0.3, 0.4) is 0 Å². The molecule has 0 unspecified atom stereocenters. The summed E-state index contributed by atoms with van der Waals surface area (Å²) in [6.07, 6.45) is 0. The summed E-state index contributed by atoms with van der Waals surface area (Å²) in [5, 5.41) is 0.347. The molecule has 4 heteroatoms. The van der Waals surface area contributed by atoms with Gasteiger partial charge in [0, 0.05) is 36.9 Å². The highest BCUT2D eigenvalue weighted by molar-refractivity contribution is 7.25. The summed E-state index contributed by atoms with van der Waals surface area (Å²) in [6.45, 7) is 0. The summed E-state index contributed by atoms with van der Waals surface area (Å²) in [5.41, 5.74) is 6.77. The molecule has 230 valence electrons. The third-order valence-electron chi connectivity index (χ3n) is 8.39. The first kappa shape index (κ1) is 22.4. The molecule has 9 aromatic rings. The maximum absolute atomic E-state index is 9.47. The highest BCUT2D eigenvalue weighted by Gasteiger charge is 2.16. The van der Waals surface area contributed by atoms with Crippen LogP contribution in [0.15, 0.2) is 176 Å². The normalized spacial score (nSPS) is 13.3. The van der Waals surface area contributed by atoms with Gasteiger partial charge in [0.2, 0.25) is 0 Å². The van der Waals surface area contributed by atoms with Crippen molar-refractivity contribution < 1.29 is 9.60 Å². The van der Waals surface area contributed by atoms with Gasteiger partial charge in [-0.1, -0.05) is 145 Å². The van der Waals surface area contributed by atoms with Gasteiger partial charge in [0.05, 0.1) is 9.60 Å². The first-order valence-electron chi connectivity index (χ1n) is 19.3. The fraction of sp³-hybridized carbons (Fsp3) is 0. The molecule has 0 saturated carbocycles. The van der Waals surface area contributed by atoms with Crippen molar-refractivity contribution in [1.29, 1.82) is 0 Å². The predicted molar refractivity (Wildman–Crippen MR) is 205 cm³/mol. The van der Waals surface area contributed by atoms with E-state index in [4.69, 9.17) is 21.8 Å². The predicted octanol–water partition coefficient (Wildman–Crippen LogP) is 12.2. The first-order valence-corrected chi connectivity index (χ1v) is 16.6. The van der Waals surface area contributed by atoms with Gasteiger partial charge in [0.25, 0.3) is 0 Å². The fourth-order valence-corrected chi connectivity index (χ4v) is 6.90. The highest BCUT2D eigenvalue weighted by Crippen LogP contribution is 2.38. The Morgan fingerprint density at radius 2 is 0.816 bits per heavy atom. The molecule has 0 bridgehead atoms. The second-order valence-corrected chi connectivity index (χ2v) is 12.6. The van der Waals surface area contributed by atoms with Crippen LogP contribution in [-0.2, 0) is 0 Å². The van der Waals surface area contributed by atoms with Gasteiger partial charge in [-0.2, -0.15) is 0 Å². The van der Waals surface area contributed by atoms with Crippen molar-refractivity contribution >= 4 is 31.5 Å². The topological polar surface area (TPSA) is 38.7 Å². The Kier molecular flexibility index (Phi) is 5.67. The average molecular weight is 651 g/mol. The fourth-order valence-electron chi connectivity index (χ4n) is 5.93. The number of hydrogen-bond donors (Lipinski definition) is 0. The zero-order chi connectivity index (χ0) is 38.7. The Hall–Kier alpha value is -6.23. The smallest absolute Gasteiger partial charge is 0.164 e. The summed E-state index contributed by atoms with van der Waals surface area (Å²) in [6, 6.07) is 41.6. The van der Waals surface area contributed by atoms with Crippen LogP contribution in [0, 0.1) is 0 Å². The molecule has 0 aliphatic carbocycles. The maximum atomic E-state index is 9.47. The van der Waals surface area contributed by atoms with Gasteiger partial charge in [-0.15, -0.1) is 11.3 Å². The zero-order valence-corrected chi connectivity index (χ0v) is 26.8. The largest absolute Gasteiger partial charge is 0.208 e. The quantitative estimate of drug-likeness (QED) is 0.180. The second-order valence-electron chi connectivity index (χ2n) is 11.5. The molecule has 2 aromatic heterocycles. The van der Waals surface area contributed by atoms with Crippen LogP contribution in [0.4, 0.5) is 0 Å². The van der Waals surface area contributed by atoms with Gasteiger partial charge in [-0.25, -0.2) is 15.0 Å². The van der Waals surface area contributed by atoms with Crippen molar-refractivity contribution in [3.63, 3.8) is 0 Å². The maximum Gasteiger partial charge on any atom is 0.164 e. The molecule has 0 amide bonds. The van der Waals surface area contributed by atoms with Gasteiger partial charge in [-0.3, -0.25) is 0 Å². The lowest BCUT2D eigenvalue weighted by Gasteiger charge is -2.13. The molecule has 0 aliphatic rings. The van der Waals surface area contributed by atoms with Crippen molar-refractivity contribution in [2.45, 2.75) is 0 Å². The summed E-state index contributed by atoms with van der Waals surface area (Å²) < 4.78 is 62.2. The number of nitrogens with zero attached hydrogens (tertiary/aromatic N) is 3. The highest BCUT2D eigenvalue weighted by atomic mass is 32.1. The lowest BCUT2D eigenvalue weighted by Crippen LogP contribution is -2.00. The summed E-state index contributed by atoms with van der Waals surface area (Å²) >= 11 is 1.05. The number of hydrogen-bond acceptors (Lipinski definition) is 4. The minimum absolute atomic E-state index is 0.0324. The van der Waals surface area contributed by atoms with Crippen LogP contribution in [0.25, 0.3) is 87.7 Å². The van der Waals surface area contributed by atoms with Gasteiger partial charge in [0.15, 0.2) is 17.5 Å². The van der Waals surface area contributed by atoms with Gasteiger partial charge in [-0.05, 0) is 63.7 Å². The van der Waals surface area contributed by atoms with Crippen molar-refractivity contribution in [3.05, 3.63) is 176 Å². The minimum Gasteiger partial charge on any atom is -0.208 e. The molecule has 49 heavy (non-hydrogen) atoms. The Morgan fingerprint density at radius 3 is 1.47 bits per heavy atom. The Bertz CT molecular complexity index is 2970. The van der Waals surface area contributed by atoms with Crippen LogP contribution >= 0.6 is 11.3 Å². The lowest BCUT2D eigenvalue weighted by molar-refractivity contribution is 1.07. The zero-order valence-electron chi connectivity index (χ0n) is 33.0. The van der Waals surface area contributed by atoms with E-state index in [9.17, 15) is 2.74 Å². The van der Waals surface area contributed by atoms with E-state index in [-0.39, 0.29) is 57.3 Å². The molecule has 0 spiro atoms.